The first-order valence-electron chi connectivity index (χ1n) is 6.37. The number of anilines is 1. The molecule has 2 aromatic rings. The van der Waals surface area contributed by atoms with E-state index in [9.17, 15) is 4.39 Å². The Labute approximate surface area is 111 Å². The molecule has 19 heavy (non-hydrogen) atoms. The van der Waals surface area contributed by atoms with Crippen LogP contribution in [0.4, 0.5) is 10.1 Å². The normalized spacial score (nSPS) is 12.9. The molecule has 1 atom stereocenters. The summed E-state index contributed by atoms with van der Waals surface area (Å²) in [5.74, 6) is 0.408. The van der Waals surface area contributed by atoms with Gasteiger partial charge in [-0.2, -0.15) is 0 Å². The molecule has 1 aromatic carbocycles. The average Bonchev–Trinajstić information content (AvgIpc) is 2.81. The van der Waals surface area contributed by atoms with E-state index in [2.05, 4.69) is 36.3 Å². The van der Waals surface area contributed by atoms with Crippen LogP contribution in [0.2, 0.25) is 0 Å². The molecule has 0 aliphatic rings. The number of hydrogen-bond acceptors (Lipinski definition) is 4. The smallest absolute Gasteiger partial charge is 0.185 e. The summed E-state index contributed by atoms with van der Waals surface area (Å²) in [6.45, 7) is 6.25. The van der Waals surface area contributed by atoms with Crippen molar-refractivity contribution in [2.45, 2.75) is 33.2 Å². The van der Waals surface area contributed by atoms with Crippen LogP contribution in [-0.2, 0) is 0 Å². The molecule has 0 saturated carbocycles. The van der Waals surface area contributed by atoms with Gasteiger partial charge in [0.2, 0.25) is 0 Å². The van der Waals surface area contributed by atoms with Crippen molar-refractivity contribution < 1.29 is 4.39 Å². The second-order valence-electron chi connectivity index (χ2n) is 4.91. The van der Waals surface area contributed by atoms with Gasteiger partial charge in [0, 0.05) is 5.69 Å². The Hall–Kier alpha value is -1.98. The lowest BCUT2D eigenvalue weighted by atomic mass is 10.0. The lowest BCUT2D eigenvalue weighted by molar-refractivity contribution is 0.333. The Morgan fingerprint density at radius 3 is 2.74 bits per heavy atom. The van der Waals surface area contributed by atoms with Crippen LogP contribution >= 0.6 is 0 Å². The fourth-order valence-electron chi connectivity index (χ4n) is 2.24. The molecule has 0 spiro atoms. The maximum absolute atomic E-state index is 13.9. The molecular formula is C13H18FN5. The van der Waals surface area contributed by atoms with Crippen molar-refractivity contribution in [2.24, 2.45) is 5.92 Å². The minimum absolute atomic E-state index is 0.130. The van der Waals surface area contributed by atoms with Crippen LogP contribution in [0, 0.1) is 11.7 Å². The van der Waals surface area contributed by atoms with Crippen LogP contribution in [0.15, 0.2) is 18.2 Å². The highest BCUT2D eigenvalue weighted by Crippen LogP contribution is 2.28. The molecule has 0 aliphatic heterocycles. The Balaban J connectivity index is 2.52. The van der Waals surface area contributed by atoms with Gasteiger partial charge in [0.25, 0.3) is 0 Å². The molecule has 1 unspecified atom stereocenters. The largest absolute Gasteiger partial charge is 0.399 e. The van der Waals surface area contributed by atoms with Crippen LogP contribution < -0.4 is 5.73 Å². The lowest BCUT2D eigenvalue weighted by Crippen LogP contribution is -2.17. The van der Waals surface area contributed by atoms with Crippen molar-refractivity contribution in [3.8, 4) is 11.4 Å². The number of nitrogen functional groups attached to an aromatic ring is 1. The summed E-state index contributed by atoms with van der Waals surface area (Å²) in [5.41, 5.74) is 6.53. The topological polar surface area (TPSA) is 69.6 Å². The van der Waals surface area contributed by atoms with E-state index in [0.29, 0.717) is 23.0 Å². The second-order valence-corrected chi connectivity index (χ2v) is 4.91. The maximum Gasteiger partial charge on any atom is 0.185 e. The summed E-state index contributed by atoms with van der Waals surface area (Å²) in [6, 6.07) is 4.54. The van der Waals surface area contributed by atoms with Crippen molar-refractivity contribution >= 4 is 5.69 Å². The van der Waals surface area contributed by atoms with E-state index in [1.165, 1.54) is 12.1 Å². The zero-order valence-corrected chi connectivity index (χ0v) is 11.3. The molecule has 102 valence electrons. The number of nitrogens with two attached hydrogens (primary N) is 1. The van der Waals surface area contributed by atoms with Gasteiger partial charge < -0.3 is 5.73 Å². The van der Waals surface area contributed by atoms with E-state index in [4.69, 9.17) is 5.73 Å². The average molecular weight is 263 g/mol. The van der Waals surface area contributed by atoms with Crippen LogP contribution in [0.5, 0.6) is 0 Å². The molecular weight excluding hydrogens is 245 g/mol. The van der Waals surface area contributed by atoms with Gasteiger partial charge in [0.15, 0.2) is 5.82 Å². The SMILES string of the molecule is CCC(C(C)C)n1nnnc1-c1cc(N)ccc1F. The second kappa shape index (κ2) is 5.34. The van der Waals surface area contributed by atoms with Crippen LogP contribution in [-0.4, -0.2) is 20.2 Å². The summed E-state index contributed by atoms with van der Waals surface area (Å²) in [6.07, 6.45) is 0.875. The molecule has 0 amide bonds. The molecule has 0 radical (unpaired) electrons. The van der Waals surface area contributed by atoms with Crippen LogP contribution in [0.3, 0.4) is 0 Å². The summed E-state index contributed by atoms with van der Waals surface area (Å²) in [4.78, 5) is 0. The summed E-state index contributed by atoms with van der Waals surface area (Å²) < 4.78 is 15.6. The number of hydrogen-bond donors (Lipinski definition) is 1. The van der Waals surface area contributed by atoms with Gasteiger partial charge in [0.1, 0.15) is 5.82 Å². The maximum atomic E-state index is 13.9. The third-order valence-electron chi connectivity index (χ3n) is 3.23. The molecule has 1 heterocycles. The molecule has 0 bridgehead atoms. The molecule has 5 nitrogen and oxygen atoms in total. The molecule has 0 aliphatic carbocycles. The highest BCUT2D eigenvalue weighted by Gasteiger charge is 2.21. The van der Waals surface area contributed by atoms with E-state index in [1.807, 2.05) is 0 Å². The van der Waals surface area contributed by atoms with Crippen LogP contribution in [0.1, 0.15) is 33.2 Å². The Bertz CT molecular complexity index is 564. The molecule has 2 rings (SSSR count). The first kappa shape index (κ1) is 13.5. The minimum Gasteiger partial charge on any atom is -0.399 e. The van der Waals surface area contributed by atoms with Gasteiger partial charge in [-0.15, -0.1) is 5.10 Å². The van der Waals surface area contributed by atoms with Gasteiger partial charge in [-0.25, -0.2) is 9.07 Å². The third kappa shape index (κ3) is 2.57. The fourth-order valence-corrected chi connectivity index (χ4v) is 2.24. The number of rotatable bonds is 4. The van der Waals surface area contributed by atoms with Gasteiger partial charge in [0.05, 0.1) is 11.6 Å². The summed E-state index contributed by atoms with van der Waals surface area (Å²) >= 11 is 0. The van der Waals surface area contributed by atoms with Gasteiger partial charge in [-0.05, 0) is 41.0 Å². The first-order chi connectivity index (χ1) is 9.04. The van der Waals surface area contributed by atoms with E-state index in [0.717, 1.165) is 6.42 Å². The molecule has 2 N–H and O–H groups in total. The van der Waals surface area contributed by atoms with Gasteiger partial charge >= 0.3 is 0 Å². The van der Waals surface area contributed by atoms with E-state index < -0.39 is 0 Å². The monoisotopic (exact) mass is 263 g/mol. The van der Waals surface area contributed by atoms with E-state index in [-0.39, 0.29) is 11.9 Å². The van der Waals surface area contributed by atoms with Crippen LogP contribution in [0.25, 0.3) is 11.4 Å². The Morgan fingerprint density at radius 1 is 1.37 bits per heavy atom. The van der Waals surface area contributed by atoms with Gasteiger partial charge in [-0.1, -0.05) is 20.8 Å². The fraction of sp³-hybridized carbons (Fsp3) is 0.462. The highest BCUT2D eigenvalue weighted by molar-refractivity contribution is 5.61. The predicted molar refractivity (Wildman–Crippen MR) is 71.8 cm³/mol. The van der Waals surface area contributed by atoms with Crippen molar-refractivity contribution in [3.63, 3.8) is 0 Å². The van der Waals surface area contributed by atoms with Crippen molar-refractivity contribution in [3.05, 3.63) is 24.0 Å². The number of aromatic nitrogens is 4. The standard InChI is InChI=1S/C13H18FN5/c1-4-12(8(2)3)19-13(16-17-18-19)10-7-9(15)5-6-11(10)14/h5-8,12H,4,15H2,1-3H3. The van der Waals surface area contributed by atoms with Gasteiger partial charge in [-0.3, -0.25) is 0 Å². The zero-order valence-electron chi connectivity index (χ0n) is 11.3. The predicted octanol–water partition coefficient (Wildman–Crippen LogP) is 2.67. The summed E-state index contributed by atoms with van der Waals surface area (Å²) in [5, 5.41) is 11.6. The molecule has 0 saturated heterocycles. The Morgan fingerprint density at radius 2 is 2.11 bits per heavy atom. The molecule has 0 fully saturated rings. The summed E-state index contributed by atoms with van der Waals surface area (Å²) in [7, 11) is 0. The van der Waals surface area contributed by atoms with Crippen molar-refractivity contribution in [2.75, 3.05) is 5.73 Å². The third-order valence-corrected chi connectivity index (χ3v) is 3.23. The number of halogens is 1. The van der Waals surface area contributed by atoms with E-state index in [1.54, 1.807) is 10.7 Å². The molecule has 6 heteroatoms. The highest BCUT2D eigenvalue weighted by atomic mass is 19.1. The zero-order chi connectivity index (χ0) is 14.0. The Kier molecular flexibility index (Phi) is 3.78. The number of tetrazole rings is 1. The van der Waals surface area contributed by atoms with Crippen molar-refractivity contribution in [1.29, 1.82) is 0 Å². The first-order valence-corrected chi connectivity index (χ1v) is 6.37. The molecule has 1 aromatic heterocycles. The van der Waals surface area contributed by atoms with E-state index >= 15 is 0 Å². The quantitative estimate of drug-likeness (QED) is 0.861. The number of nitrogens with zero attached hydrogens (tertiary/aromatic N) is 4. The van der Waals surface area contributed by atoms with Crippen molar-refractivity contribution in [1.82, 2.24) is 20.2 Å². The minimum atomic E-state index is -0.371. The lowest BCUT2D eigenvalue weighted by Gasteiger charge is -2.20. The number of benzene rings is 1.